The number of imidazole rings is 1. The third kappa shape index (κ3) is 4.74. The van der Waals surface area contributed by atoms with Gasteiger partial charge in [0.1, 0.15) is 16.3 Å². The van der Waals surface area contributed by atoms with Gasteiger partial charge in [0.25, 0.3) is 15.7 Å². The Balaban J connectivity index is 1.66. The van der Waals surface area contributed by atoms with Crippen LogP contribution in [0.4, 0.5) is 17.1 Å². The molecule has 2 aromatic heterocycles. The molecule has 14 heteroatoms. The highest BCUT2D eigenvalue weighted by atomic mass is 35.5. The first kappa shape index (κ1) is 22.5. The minimum absolute atomic E-state index is 0.0278. The number of benzene rings is 2. The number of rotatable bonds is 8. The molecule has 2 N–H and O–H groups in total. The van der Waals surface area contributed by atoms with Gasteiger partial charge in [0.15, 0.2) is 10.1 Å². The maximum atomic E-state index is 13.0. The average Bonchev–Trinajstić information content (AvgIpc) is 3.35. The van der Waals surface area contributed by atoms with E-state index in [-0.39, 0.29) is 21.4 Å². The van der Waals surface area contributed by atoms with Crippen LogP contribution in [-0.2, 0) is 10.0 Å². The second-order valence-corrected chi connectivity index (χ2v) is 9.37. The van der Waals surface area contributed by atoms with Crippen LogP contribution in [0.2, 0.25) is 5.15 Å². The maximum absolute atomic E-state index is 13.0. The maximum Gasteiger partial charge on any atom is 0.270 e. The summed E-state index contributed by atoms with van der Waals surface area (Å²) >= 11 is 7.52. The predicted molar refractivity (Wildman–Crippen MR) is 126 cm³/mol. The number of sulfonamides is 1. The topological polar surface area (TPSA) is 140 Å². The smallest absolute Gasteiger partial charge is 0.270 e. The number of ether oxygens (including phenoxy) is 1. The monoisotopic (exact) mass is 506 g/mol. The molecule has 0 aliphatic carbocycles. The Bertz CT molecular complexity index is 1460. The van der Waals surface area contributed by atoms with Crippen LogP contribution in [0.1, 0.15) is 5.69 Å². The van der Waals surface area contributed by atoms with Crippen LogP contribution in [-0.4, -0.2) is 36.1 Å². The van der Waals surface area contributed by atoms with E-state index in [1.807, 2.05) is 5.38 Å². The SMILES string of the molecule is COc1ccc(NS(=O)(=O)c2cc([N+](=O)[O-])ccc2NN=Cc2c(Cl)nc3sccn23)cc1. The molecule has 33 heavy (non-hydrogen) atoms. The van der Waals surface area contributed by atoms with Gasteiger partial charge < -0.3 is 4.74 Å². The number of nitro groups is 1. The normalized spacial score (nSPS) is 11.7. The number of methoxy groups -OCH3 is 1. The molecule has 170 valence electrons. The molecular formula is C19H15ClN6O5S2. The zero-order chi connectivity index (χ0) is 23.6. The van der Waals surface area contributed by atoms with Gasteiger partial charge >= 0.3 is 0 Å². The Morgan fingerprint density at radius 3 is 2.73 bits per heavy atom. The predicted octanol–water partition coefficient (Wildman–Crippen LogP) is 4.21. The van der Waals surface area contributed by atoms with Gasteiger partial charge in [0.05, 0.1) is 23.9 Å². The molecule has 0 atom stereocenters. The summed E-state index contributed by atoms with van der Waals surface area (Å²) in [7, 11) is -2.72. The first-order chi connectivity index (χ1) is 15.8. The Hall–Kier alpha value is -3.68. The molecule has 0 aliphatic rings. The molecule has 2 aromatic carbocycles. The van der Waals surface area contributed by atoms with Crippen molar-refractivity contribution in [2.24, 2.45) is 5.10 Å². The largest absolute Gasteiger partial charge is 0.497 e. The lowest BCUT2D eigenvalue weighted by Gasteiger charge is -2.12. The fourth-order valence-corrected chi connectivity index (χ4v) is 5.09. The van der Waals surface area contributed by atoms with Crippen LogP contribution in [0.25, 0.3) is 4.96 Å². The molecule has 0 bridgehead atoms. The number of anilines is 2. The molecule has 4 rings (SSSR count). The summed E-state index contributed by atoms with van der Waals surface area (Å²) in [5.74, 6) is 0.545. The second kappa shape index (κ2) is 9.05. The minimum Gasteiger partial charge on any atom is -0.497 e. The fraction of sp³-hybridized carbons (Fsp3) is 0.0526. The van der Waals surface area contributed by atoms with Crippen molar-refractivity contribution in [1.82, 2.24) is 9.38 Å². The van der Waals surface area contributed by atoms with Crippen molar-refractivity contribution < 1.29 is 18.1 Å². The van der Waals surface area contributed by atoms with Gasteiger partial charge in [-0.2, -0.15) is 5.10 Å². The fourth-order valence-electron chi connectivity index (χ4n) is 2.86. The van der Waals surface area contributed by atoms with Crippen molar-refractivity contribution in [1.29, 1.82) is 0 Å². The number of nitrogens with one attached hydrogen (secondary N) is 2. The van der Waals surface area contributed by atoms with Crippen molar-refractivity contribution in [2.75, 3.05) is 17.3 Å². The number of hydrogen-bond donors (Lipinski definition) is 2. The first-order valence-electron chi connectivity index (χ1n) is 9.14. The van der Waals surface area contributed by atoms with E-state index in [9.17, 15) is 18.5 Å². The minimum atomic E-state index is -4.21. The van der Waals surface area contributed by atoms with Gasteiger partial charge in [0, 0.05) is 29.4 Å². The summed E-state index contributed by atoms with van der Waals surface area (Å²) in [6.45, 7) is 0. The Kier molecular flexibility index (Phi) is 6.18. The summed E-state index contributed by atoms with van der Waals surface area (Å²) in [6, 6.07) is 9.56. The molecule has 2 heterocycles. The van der Waals surface area contributed by atoms with E-state index < -0.39 is 20.6 Å². The van der Waals surface area contributed by atoms with E-state index in [1.54, 1.807) is 22.7 Å². The number of halogens is 1. The van der Waals surface area contributed by atoms with Gasteiger partial charge in [-0.25, -0.2) is 13.4 Å². The quantitative estimate of drug-likeness (QED) is 0.207. The van der Waals surface area contributed by atoms with E-state index in [4.69, 9.17) is 16.3 Å². The van der Waals surface area contributed by atoms with E-state index in [0.717, 1.165) is 6.07 Å². The number of non-ortho nitro benzene ring substituents is 1. The van der Waals surface area contributed by atoms with Crippen molar-refractivity contribution in [3.63, 3.8) is 0 Å². The average molecular weight is 507 g/mol. The number of aromatic nitrogens is 2. The lowest BCUT2D eigenvalue weighted by molar-refractivity contribution is -0.385. The summed E-state index contributed by atoms with van der Waals surface area (Å²) in [5.41, 5.74) is 3.00. The van der Waals surface area contributed by atoms with Crippen LogP contribution in [0.3, 0.4) is 0 Å². The highest BCUT2D eigenvalue weighted by Crippen LogP contribution is 2.29. The lowest BCUT2D eigenvalue weighted by Crippen LogP contribution is -2.15. The Morgan fingerprint density at radius 1 is 1.27 bits per heavy atom. The number of nitro benzene ring substituents is 1. The molecule has 0 saturated carbocycles. The third-order valence-electron chi connectivity index (χ3n) is 4.43. The van der Waals surface area contributed by atoms with E-state index in [0.29, 0.717) is 16.4 Å². The summed E-state index contributed by atoms with van der Waals surface area (Å²) in [5, 5.41) is 17.3. The lowest BCUT2D eigenvalue weighted by atomic mass is 10.3. The van der Waals surface area contributed by atoms with Gasteiger partial charge in [-0.3, -0.25) is 24.7 Å². The van der Waals surface area contributed by atoms with Crippen LogP contribution >= 0.6 is 22.9 Å². The standard InChI is InChI=1S/C19H15ClN6O5S2/c1-31-14-5-2-12(3-6-14)24-33(29,30)17-10-13(26(27)28)4-7-15(17)23-21-11-16-18(20)22-19-25(16)8-9-32-19/h2-11,23-24H,1H3. The number of fused-ring (bicyclic) bond motifs is 1. The van der Waals surface area contributed by atoms with Crippen LogP contribution < -0.4 is 14.9 Å². The van der Waals surface area contributed by atoms with E-state index in [1.165, 1.54) is 48.9 Å². The molecule has 0 saturated heterocycles. The van der Waals surface area contributed by atoms with Crippen molar-refractivity contribution in [2.45, 2.75) is 4.90 Å². The summed E-state index contributed by atoms with van der Waals surface area (Å²) in [4.78, 5) is 15.0. The molecule has 0 amide bonds. The number of nitrogens with zero attached hydrogens (tertiary/aromatic N) is 4. The first-order valence-corrected chi connectivity index (χ1v) is 11.9. The summed E-state index contributed by atoms with van der Waals surface area (Å²) < 4.78 is 35.3. The molecule has 4 aromatic rings. The molecule has 0 fully saturated rings. The highest BCUT2D eigenvalue weighted by Gasteiger charge is 2.23. The van der Waals surface area contributed by atoms with Crippen molar-refractivity contribution in [3.8, 4) is 5.75 Å². The molecule has 11 nitrogen and oxygen atoms in total. The molecule has 0 spiro atoms. The zero-order valence-corrected chi connectivity index (χ0v) is 19.2. The van der Waals surface area contributed by atoms with E-state index >= 15 is 0 Å². The Morgan fingerprint density at radius 2 is 2.03 bits per heavy atom. The molecule has 0 radical (unpaired) electrons. The second-order valence-electron chi connectivity index (χ2n) is 6.49. The van der Waals surface area contributed by atoms with Crippen LogP contribution in [0.15, 0.2) is 64.0 Å². The van der Waals surface area contributed by atoms with Crippen molar-refractivity contribution >= 4 is 61.2 Å². The molecule has 0 aliphatic heterocycles. The number of thiazole rings is 1. The molecule has 0 unspecified atom stereocenters. The van der Waals surface area contributed by atoms with Crippen molar-refractivity contribution in [3.05, 3.63) is 75.0 Å². The highest BCUT2D eigenvalue weighted by molar-refractivity contribution is 7.92. The third-order valence-corrected chi connectivity index (χ3v) is 6.89. The Labute approximate surface area is 196 Å². The van der Waals surface area contributed by atoms with Crippen LogP contribution in [0, 0.1) is 10.1 Å². The number of hydrazone groups is 1. The van der Waals surface area contributed by atoms with E-state index in [2.05, 4.69) is 20.2 Å². The summed E-state index contributed by atoms with van der Waals surface area (Å²) in [6.07, 6.45) is 3.14. The number of hydrogen-bond acceptors (Lipinski definition) is 9. The van der Waals surface area contributed by atoms with Gasteiger partial charge in [-0.05, 0) is 30.3 Å². The van der Waals surface area contributed by atoms with Gasteiger partial charge in [-0.15, -0.1) is 11.3 Å². The van der Waals surface area contributed by atoms with Gasteiger partial charge in [0.2, 0.25) is 0 Å². The van der Waals surface area contributed by atoms with Crippen LogP contribution in [0.5, 0.6) is 5.75 Å². The molecular weight excluding hydrogens is 492 g/mol. The van der Waals surface area contributed by atoms with Gasteiger partial charge in [-0.1, -0.05) is 11.6 Å². The zero-order valence-electron chi connectivity index (χ0n) is 16.8.